The maximum atomic E-state index is 11.7. The SMILES string of the molecule is COC(=O)C(C)(C)Cc1cc(C)c(C)cc1C. The minimum absolute atomic E-state index is 0.157. The molecule has 2 nitrogen and oxygen atoms in total. The van der Waals surface area contributed by atoms with Gasteiger partial charge in [-0.1, -0.05) is 12.1 Å². The molecule has 0 radical (unpaired) electrons. The molecule has 0 fully saturated rings. The van der Waals surface area contributed by atoms with Gasteiger partial charge in [0.05, 0.1) is 12.5 Å². The summed E-state index contributed by atoms with van der Waals surface area (Å²) in [4.78, 5) is 11.7. The first-order chi connectivity index (χ1) is 7.77. The third-order valence-corrected chi connectivity index (χ3v) is 3.32. The summed E-state index contributed by atoms with van der Waals surface area (Å²) in [6.45, 7) is 10.1. The fourth-order valence-corrected chi connectivity index (χ4v) is 2.04. The summed E-state index contributed by atoms with van der Waals surface area (Å²) >= 11 is 0. The van der Waals surface area contributed by atoms with E-state index in [4.69, 9.17) is 4.74 Å². The molecular formula is C15H22O2. The largest absolute Gasteiger partial charge is 0.469 e. The lowest BCUT2D eigenvalue weighted by Gasteiger charge is -2.23. The topological polar surface area (TPSA) is 26.3 Å². The van der Waals surface area contributed by atoms with Crippen molar-refractivity contribution in [2.45, 2.75) is 41.0 Å². The van der Waals surface area contributed by atoms with Gasteiger partial charge in [0.15, 0.2) is 0 Å². The van der Waals surface area contributed by atoms with Crippen molar-refractivity contribution in [1.82, 2.24) is 0 Å². The molecule has 0 saturated heterocycles. The Morgan fingerprint density at radius 2 is 1.65 bits per heavy atom. The fourth-order valence-electron chi connectivity index (χ4n) is 2.04. The third-order valence-electron chi connectivity index (χ3n) is 3.32. The van der Waals surface area contributed by atoms with Gasteiger partial charge in [-0.15, -0.1) is 0 Å². The van der Waals surface area contributed by atoms with Crippen LogP contribution in [0.25, 0.3) is 0 Å². The molecule has 0 aliphatic carbocycles. The van der Waals surface area contributed by atoms with E-state index in [0.717, 1.165) is 0 Å². The van der Waals surface area contributed by atoms with E-state index in [0.29, 0.717) is 6.42 Å². The zero-order valence-electron chi connectivity index (χ0n) is 11.7. The van der Waals surface area contributed by atoms with E-state index in [9.17, 15) is 4.79 Å². The number of aryl methyl sites for hydroxylation is 3. The molecule has 1 aromatic rings. The van der Waals surface area contributed by atoms with Crippen molar-refractivity contribution in [3.05, 3.63) is 34.4 Å². The lowest BCUT2D eigenvalue weighted by atomic mass is 9.83. The average molecular weight is 234 g/mol. The van der Waals surface area contributed by atoms with Crippen molar-refractivity contribution in [2.75, 3.05) is 7.11 Å². The van der Waals surface area contributed by atoms with E-state index in [1.165, 1.54) is 29.4 Å². The number of rotatable bonds is 3. The Kier molecular flexibility index (Phi) is 3.97. The van der Waals surface area contributed by atoms with Crippen LogP contribution in [0.3, 0.4) is 0 Å². The van der Waals surface area contributed by atoms with Gasteiger partial charge in [0, 0.05) is 0 Å². The van der Waals surface area contributed by atoms with Gasteiger partial charge in [-0.05, 0) is 63.3 Å². The van der Waals surface area contributed by atoms with Crippen LogP contribution >= 0.6 is 0 Å². The molecule has 0 amide bonds. The second-order valence-electron chi connectivity index (χ2n) is 5.42. The molecule has 94 valence electrons. The first-order valence-electron chi connectivity index (χ1n) is 5.93. The van der Waals surface area contributed by atoms with Gasteiger partial charge in [-0.25, -0.2) is 0 Å². The van der Waals surface area contributed by atoms with Gasteiger partial charge in [-0.2, -0.15) is 0 Å². The van der Waals surface area contributed by atoms with Crippen LogP contribution in [-0.4, -0.2) is 13.1 Å². The maximum absolute atomic E-state index is 11.7. The summed E-state index contributed by atoms with van der Waals surface area (Å²) in [7, 11) is 1.44. The number of methoxy groups -OCH3 is 1. The predicted octanol–water partition coefficient (Wildman–Crippen LogP) is 3.35. The molecule has 0 atom stereocenters. The number of esters is 1. The zero-order chi connectivity index (χ0) is 13.2. The summed E-state index contributed by atoms with van der Waals surface area (Å²) in [5.74, 6) is -0.157. The molecule has 0 bridgehead atoms. The smallest absolute Gasteiger partial charge is 0.311 e. The van der Waals surface area contributed by atoms with Gasteiger partial charge in [0.1, 0.15) is 0 Å². The zero-order valence-corrected chi connectivity index (χ0v) is 11.7. The van der Waals surface area contributed by atoms with Crippen LogP contribution in [0, 0.1) is 26.2 Å². The summed E-state index contributed by atoms with van der Waals surface area (Å²) in [5, 5.41) is 0. The van der Waals surface area contributed by atoms with Crippen LogP contribution in [0.5, 0.6) is 0 Å². The van der Waals surface area contributed by atoms with Crippen LogP contribution < -0.4 is 0 Å². The van der Waals surface area contributed by atoms with E-state index in [1.54, 1.807) is 0 Å². The standard InChI is InChI=1S/C15H22O2/c1-10-7-12(3)13(8-11(10)2)9-15(4,5)14(16)17-6/h7-8H,9H2,1-6H3. The molecule has 2 heteroatoms. The monoisotopic (exact) mass is 234 g/mol. The number of hydrogen-bond donors (Lipinski definition) is 0. The van der Waals surface area contributed by atoms with E-state index in [2.05, 4.69) is 32.9 Å². The highest BCUT2D eigenvalue weighted by molar-refractivity contribution is 5.76. The summed E-state index contributed by atoms with van der Waals surface area (Å²) in [5.41, 5.74) is 4.56. The lowest BCUT2D eigenvalue weighted by molar-refractivity contribution is -0.150. The molecule has 0 aliphatic heterocycles. The van der Waals surface area contributed by atoms with Crippen LogP contribution in [0.1, 0.15) is 36.1 Å². The normalized spacial score (nSPS) is 11.4. The Morgan fingerprint density at radius 3 is 2.18 bits per heavy atom. The first kappa shape index (κ1) is 13.8. The highest BCUT2D eigenvalue weighted by Gasteiger charge is 2.29. The average Bonchev–Trinajstić information content (AvgIpc) is 2.24. The Hall–Kier alpha value is -1.31. The summed E-state index contributed by atoms with van der Waals surface area (Å²) in [6, 6.07) is 4.35. The highest BCUT2D eigenvalue weighted by Crippen LogP contribution is 2.26. The van der Waals surface area contributed by atoms with Crippen LogP contribution in [0.4, 0.5) is 0 Å². The molecule has 0 spiro atoms. The molecule has 17 heavy (non-hydrogen) atoms. The third kappa shape index (κ3) is 3.09. The summed E-state index contributed by atoms with van der Waals surface area (Å²) in [6.07, 6.45) is 0.715. The Bertz CT molecular complexity index is 431. The van der Waals surface area contributed by atoms with Crippen molar-refractivity contribution < 1.29 is 9.53 Å². The number of carbonyl (C=O) groups is 1. The predicted molar refractivity (Wildman–Crippen MR) is 70.2 cm³/mol. The van der Waals surface area contributed by atoms with Gasteiger partial charge >= 0.3 is 5.97 Å². The Labute approximate surface area is 104 Å². The van der Waals surface area contributed by atoms with Crippen molar-refractivity contribution in [2.24, 2.45) is 5.41 Å². The van der Waals surface area contributed by atoms with Gasteiger partial charge in [0.25, 0.3) is 0 Å². The minimum Gasteiger partial charge on any atom is -0.469 e. The van der Waals surface area contributed by atoms with Crippen LogP contribution in [-0.2, 0) is 16.0 Å². The van der Waals surface area contributed by atoms with Gasteiger partial charge < -0.3 is 4.74 Å². The second kappa shape index (κ2) is 4.91. The lowest BCUT2D eigenvalue weighted by Crippen LogP contribution is -2.28. The minimum atomic E-state index is -0.471. The number of carbonyl (C=O) groups excluding carboxylic acids is 1. The van der Waals surface area contributed by atoms with Crippen LogP contribution in [0.15, 0.2) is 12.1 Å². The maximum Gasteiger partial charge on any atom is 0.311 e. The molecular weight excluding hydrogens is 212 g/mol. The molecule has 0 heterocycles. The van der Waals surface area contributed by atoms with E-state index < -0.39 is 5.41 Å². The van der Waals surface area contributed by atoms with E-state index >= 15 is 0 Å². The molecule has 0 aliphatic rings. The second-order valence-corrected chi connectivity index (χ2v) is 5.42. The summed E-state index contributed by atoms with van der Waals surface area (Å²) < 4.78 is 4.84. The number of ether oxygens (including phenoxy) is 1. The van der Waals surface area contributed by atoms with Crippen LogP contribution in [0.2, 0.25) is 0 Å². The molecule has 0 saturated carbocycles. The molecule has 0 unspecified atom stereocenters. The number of hydrogen-bond acceptors (Lipinski definition) is 2. The molecule has 1 rings (SSSR count). The van der Waals surface area contributed by atoms with E-state index in [-0.39, 0.29) is 5.97 Å². The van der Waals surface area contributed by atoms with E-state index in [1.807, 2.05) is 13.8 Å². The first-order valence-corrected chi connectivity index (χ1v) is 5.93. The quantitative estimate of drug-likeness (QED) is 0.750. The van der Waals surface area contributed by atoms with Crippen molar-refractivity contribution in [1.29, 1.82) is 0 Å². The van der Waals surface area contributed by atoms with Crippen molar-refractivity contribution >= 4 is 5.97 Å². The Morgan fingerprint density at radius 1 is 1.12 bits per heavy atom. The fraction of sp³-hybridized carbons (Fsp3) is 0.533. The molecule has 0 N–H and O–H groups in total. The molecule has 1 aromatic carbocycles. The van der Waals surface area contributed by atoms with Crippen molar-refractivity contribution in [3.8, 4) is 0 Å². The van der Waals surface area contributed by atoms with Gasteiger partial charge in [0.2, 0.25) is 0 Å². The van der Waals surface area contributed by atoms with Crippen molar-refractivity contribution in [3.63, 3.8) is 0 Å². The highest BCUT2D eigenvalue weighted by atomic mass is 16.5. The number of benzene rings is 1. The molecule has 0 aromatic heterocycles. The Balaban J connectivity index is 3.03. The van der Waals surface area contributed by atoms with Gasteiger partial charge in [-0.3, -0.25) is 4.79 Å².